The predicted molar refractivity (Wildman–Crippen MR) is 126 cm³/mol. The zero-order chi connectivity index (χ0) is 22.7. The number of piperazine rings is 1. The number of hydrogen-bond acceptors (Lipinski definition) is 6. The van der Waals surface area contributed by atoms with Crippen LogP contribution in [0.5, 0.6) is 0 Å². The van der Waals surface area contributed by atoms with Crippen LogP contribution in [-0.2, 0) is 0 Å². The molecule has 4 aromatic rings. The van der Waals surface area contributed by atoms with Crippen molar-refractivity contribution in [1.29, 1.82) is 0 Å². The molecule has 32 heavy (non-hydrogen) atoms. The minimum Gasteiger partial charge on any atom is -0.465 e. The molecule has 10 heteroatoms. The Balaban J connectivity index is 1.59. The van der Waals surface area contributed by atoms with Crippen LogP contribution in [0, 0.1) is 13.8 Å². The average molecular weight is 454 g/mol. The van der Waals surface area contributed by atoms with Crippen LogP contribution in [0.15, 0.2) is 12.5 Å². The predicted octanol–water partition coefficient (Wildman–Crippen LogP) is 4.26. The Morgan fingerprint density at radius 1 is 1.28 bits per heavy atom. The first-order valence-electron chi connectivity index (χ1n) is 10.8. The highest BCUT2D eigenvalue weighted by Gasteiger charge is 2.30. The number of fused-ring (bicyclic) bond motifs is 2. The van der Waals surface area contributed by atoms with Gasteiger partial charge in [0.15, 0.2) is 10.8 Å². The summed E-state index contributed by atoms with van der Waals surface area (Å²) in [5.41, 5.74) is 7.56. The number of nitrogens with one attached hydrogen (secondary N) is 1. The Morgan fingerprint density at radius 2 is 2.06 bits per heavy atom. The topological polar surface area (TPSA) is 103 Å². The van der Waals surface area contributed by atoms with E-state index in [0.29, 0.717) is 19.6 Å². The zero-order valence-corrected chi connectivity index (χ0v) is 19.7. The van der Waals surface area contributed by atoms with E-state index in [-0.39, 0.29) is 12.0 Å². The number of carboxylic acid groups (broad SMARTS) is 1. The van der Waals surface area contributed by atoms with Crippen LogP contribution in [0.2, 0.25) is 0 Å². The lowest BCUT2D eigenvalue weighted by atomic mass is 9.96. The van der Waals surface area contributed by atoms with Crippen molar-refractivity contribution in [1.82, 2.24) is 29.5 Å². The molecule has 0 saturated carbocycles. The van der Waals surface area contributed by atoms with E-state index < -0.39 is 6.09 Å². The molecule has 5 heterocycles. The Morgan fingerprint density at radius 3 is 2.75 bits per heavy atom. The van der Waals surface area contributed by atoms with Crippen molar-refractivity contribution in [3.8, 4) is 11.3 Å². The number of hydrogen-bond donors (Lipinski definition) is 2. The number of pyridine rings is 1. The van der Waals surface area contributed by atoms with Gasteiger partial charge in [0.1, 0.15) is 16.7 Å². The van der Waals surface area contributed by atoms with Crippen LogP contribution in [0.1, 0.15) is 43.4 Å². The standard InChI is InChI=1S/C22H27N7O2S/c1-11(2)16-17(15-9-29-19(23-10-24-29)14(5)13(15)4)25-20-18(16)26-21(32-20)28-7-6-27(22(30)31)8-12(28)3/h9-12,25H,6-8H2,1-5H3,(H,30,31). The molecule has 4 aromatic heterocycles. The second kappa shape index (κ2) is 7.47. The third kappa shape index (κ3) is 3.12. The first-order valence-corrected chi connectivity index (χ1v) is 11.6. The van der Waals surface area contributed by atoms with E-state index in [2.05, 4.69) is 54.6 Å². The lowest BCUT2D eigenvalue weighted by Gasteiger charge is -2.38. The molecule has 0 aliphatic carbocycles. The van der Waals surface area contributed by atoms with Gasteiger partial charge in [-0.25, -0.2) is 19.3 Å². The quantitative estimate of drug-likeness (QED) is 0.480. The summed E-state index contributed by atoms with van der Waals surface area (Å²) in [6, 6.07) is 0.0803. The summed E-state index contributed by atoms with van der Waals surface area (Å²) in [7, 11) is 0. The number of aromatic nitrogens is 5. The fourth-order valence-electron chi connectivity index (χ4n) is 4.64. The van der Waals surface area contributed by atoms with Gasteiger partial charge in [-0.3, -0.25) is 0 Å². The van der Waals surface area contributed by atoms with Gasteiger partial charge in [0.05, 0.1) is 5.69 Å². The Hall–Kier alpha value is -3.14. The van der Waals surface area contributed by atoms with Crippen LogP contribution in [0.4, 0.5) is 9.93 Å². The highest BCUT2D eigenvalue weighted by atomic mass is 32.1. The van der Waals surface area contributed by atoms with Crippen molar-refractivity contribution in [3.63, 3.8) is 0 Å². The van der Waals surface area contributed by atoms with Gasteiger partial charge in [0.25, 0.3) is 0 Å². The van der Waals surface area contributed by atoms with Crippen molar-refractivity contribution < 1.29 is 9.90 Å². The maximum atomic E-state index is 11.3. The Labute approximate surface area is 189 Å². The highest BCUT2D eigenvalue weighted by molar-refractivity contribution is 7.21. The number of anilines is 1. The van der Waals surface area contributed by atoms with Crippen molar-refractivity contribution in [2.24, 2.45) is 0 Å². The lowest BCUT2D eigenvalue weighted by Crippen LogP contribution is -2.53. The molecule has 0 radical (unpaired) electrons. The molecular weight excluding hydrogens is 426 g/mol. The number of H-pyrrole nitrogens is 1. The maximum Gasteiger partial charge on any atom is 0.407 e. The summed E-state index contributed by atoms with van der Waals surface area (Å²) in [5.74, 6) is 0.279. The second-order valence-electron chi connectivity index (χ2n) is 8.83. The molecule has 1 aliphatic heterocycles. The molecule has 1 unspecified atom stereocenters. The van der Waals surface area contributed by atoms with Gasteiger partial charge in [-0.1, -0.05) is 25.2 Å². The first kappa shape index (κ1) is 20.7. The normalized spacial score (nSPS) is 17.2. The van der Waals surface area contributed by atoms with Crippen LogP contribution >= 0.6 is 11.3 Å². The minimum absolute atomic E-state index is 0.0803. The van der Waals surface area contributed by atoms with Gasteiger partial charge < -0.3 is 19.9 Å². The molecule has 1 aliphatic rings. The van der Waals surface area contributed by atoms with E-state index in [1.807, 2.05) is 10.7 Å². The van der Waals surface area contributed by atoms with Gasteiger partial charge in [-0.2, -0.15) is 5.10 Å². The zero-order valence-electron chi connectivity index (χ0n) is 18.9. The van der Waals surface area contributed by atoms with E-state index in [1.165, 1.54) is 16.0 Å². The summed E-state index contributed by atoms with van der Waals surface area (Å²) in [6.45, 7) is 12.3. The number of rotatable bonds is 3. The SMILES string of the molecule is Cc1c(-c2[nH]c3sc(N4CCN(C(=O)O)CC4C)nc3c2C(C)C)cn2ncnc2c1C. The van der Waals surface area contributed by atoms with E-state index in [9.17, 15) is 9.90 Å². The molecule has 0 spiro atoms. The van der Waals surface area contributed by atoms with E-state index in [1.54, 1.807) is 17.7 Å². The van der Waals surface area contributed by atoms with E-state index in [4.69, 9.17) is 4.98 Å². The summed E-state index contributed by atoms with van der Waals surface area (Å²) in [4.78, 5) is 29.1. The van der Waals surface area contributed by atoms with Crippen molar-refractivity contribution in [3.05, 3.63) is 29.2 Å². The number of carbonyl (C=O) groups is 1. The third-order valence-corrected chi connectivity index (χ3v) is 7.50. The molecule has 0 bridgehead atoms. The molecule has 2 N–H and O–H groups in total. The Bertz CT molecular complexity index is 1340. The molecular formula is C22H27N7O2S. The third-order valence-electron chi connectivity index (χ3n) is 6.50. The molecule has 1 amide bonds. The number of aryl methyl sites for hydroxylation is 1. The van der Waals surface area contributed by atoms with Crippen LogP contribution in [0.25, 0.3) is 27.3 Å². The monoisotopic (exact) mass is 453 g/mol. The van der Waals surface area contributed by atoms with Crippen molar-refractivity contribution >= 4 is 38.6 Å². The minimum atomic E-state index is -0.857. The molecule has 5 rings (SSSR count). The fraction of sp³-hybridized carbons (Fsp3) is 0.455. The second-order valence-corrected chi connectivity index (χ2v) is 9.81. The van der Waals surface area contributed by atoms with Gasteiger partial charge in [0.2, 0.25) is 0 Å². The number of aromatic amines is 1. The van der Waals surface area contributed by atoms with Gasteiger partial charge in [-0.05, 0) is 37.8 Å². The molecule has 9 nitrogen and oxygen atoms in total. The van der Waals surface area contributed by atoms with Crippen LogP contribution in [0.3, 0.4) is 0 Å². The largest absolute Gasteiger partial charge is 0.465 e. The average Bonchev–Trinajstić information content (AvgIpc) is 3.44. The molecule has 1 saturated heterocycles. The highest BCUT2D eigenvalue weighted by Crippen LogP contribution is 2.41. The summed E-state index contributed by atoms with van der Waals surface area (Å²) < 4.78 is 1.83. The van der Waals surface area contributed by atoms with E-state index in [0.717, 1.165) is 37.9 Å². The van der Waals surface area contributed by atoms with Gasteiger partial charge in [-0.15, -0.1) is 0 Å². The lowest BCUT2D eigenvalue weighted by molar-refractivity contribution is 0.136. The smallest absolute Gasteiger partial charge is 0.407 e. The molecule has 0 aromatic carbocycles. The molecule has 168 valence electrons. The van der Waals surface area contributed by atoms with Crippen LogP contribution < -0.4 is 4.90 Å². The summed E-state index contributed by atoms with van der Waals surface area (Å²) in [5, 5.41) is 14.6. The number of amides is 1. The number of thiazole rings is 1. The number of nitrogens with zero attached hydrogens (tertiary/aromatic N) is 6. The van der Waals surface area contributed by atoms with Gasteiger partial charge >= 0.3 is 6.09 Å². The molecule has 1 fully saturated rings. The first-order chi connectivity index (χ1) is 15.3. The van der Waals surface area contributed by atoms with E-state index >= 15 is 0 Å². The van der Waals surface area contributed by atoms with Gasteiger partial charge in [0, 0.05) is 43.0 Å². The summed E-state index contributed by atoms with van der Waals surface area (Å²) >= 11 is 1.64. The molecule has 1 atom stereocenters. The fourth-order valence-corrected chi connectivity index (χ4v) is 5.76. The van der Waals surface area contributed by atoms with Crippen LogP contribution in [-0.4, -0.2) is 66.3 Å². The Kier molecular flexibility index (Phi) is 4.85. The van der Waals surface area contributed by atoms with Crippen molar-refractivity contribution in [2.45, 2.75) is 46.6 Å². The summed E-state index contributed by atoms with van der Waals surface area (Å²) in [6.07, 6.45) is 2.77. The maximum absolute atomic E-state index is 11.3. The van der Waals surface area contributed by atoms with Crippen molar-refractivity contribution in [2.75, 3.05) is 24.5 Å².